The number of hydrogen-bond acceptors (Lipinski definition) is 3. The number of carbonyl (C=O) groups is 2. The molecule has 1 N–H and O–H groups in total. The summed E-state index contributed by atoms with van der Waals surface area (Å²) in [6.07, 6.45) is 0. The van der Waals surface area contributed by atoms with Crippen molar-refractivity contribution in [3.63, 3.8) is 0 Å². The molecule has 5 nitrogen and oxygen atoms in total. The Morgan fingerprint density at radius 2 is 1.72 bits per heavy atom. The summed E-state index contributed by atoms with van der Waals surface area (Å²) in [5.74, 6) is -0.190. The number of nitrogens with one attached hydrogen (secondary N) is 1. The lowest BCUT2D eigenvalue weighted by atomic mass is 10.2. The third-order valence-corrected chi connectivity index (χ3v) is 3.59. The van der Waals surface area contributed by atoms with Gasteiger partial charge in [0.25, 0.3) is 5.91 Å². The maximum atomic E-state index is 12.9. The van der Waals surface area contributed by atoms with Gasteiger partial charge in [-0.1, -0.05) is 12.1 Å². The molecule has 6 heteroatoms. The zero-order valence-corrected chi connectivity index (χ0v) is 14.3. The fourth-order valence-corrected chi connectivity index (χ4v) is 2.21. The van der Waals surface area contributed by atoms with Crippen LogP contribution in [-0.2, 0) is 11.3 Å². The van der Waals surface area contributed by atoms with Crippen molar-refractivity contribution < 1.29 is 18.7 Å². The highest BCUT2D eigenvalue weighted by atomic mass is 19.1. The van der Waals surface area contributed by atoms with Gasteiger partial charge in [-0.05, 0) is 48.9 Å². The first-order valence-electron chi connectivity index (χ1n) is 7.99. The number of carbonyl (C=O) groups excluding carboxylic acids is 2. The molecular formula is C19H21FN2O3. The standard InChI is InChI=1S/C19H21FN2O3/c1-3-25-17-10-6-15(7-11-17)19(24)21-12-18(23)22(2)13-14-4-8-16(20)9-5-14/h4-11H,3,12-13H2,1-2H3,(H,21,24). The van der Waals surface area contributed by atoms with Gasteiger partial charge in [-0.25, -0.2) is 4.39 Å². The van der Waals surface area contributed by atoms with E-state index in [2.05, 4.69) is 5.32 Å². The van der Waals surface area contributed by atoms with Gasteiger partial charge in [0.1, 0.15) is 11.6 Å². The van der Waals surface area contributed by atoms with Crippen LogP contribution < -0.4 is 10.1 Å². The molecule has 0 aromatic heterocycles. The van der Waals surface area contributed by atoms with Gasteiger partial charge in [-0.3, -0.25) is 9.59 Å². The van der Waals surface area contributed by atoms with Crippen molar-refractivity contribution >= 4 is 11.8 Å². The first-order valence-corrected chi connectivity index (χ1v) is 7.99. The lowest BCUT2D eigenvalue weighted by molar-refractivity contribution is -0.129. The Morgan fingerprint density at radius 3 is 2.32 bits per heavy atom. The van der Waals surface area contributed by atoms with E-state index in [0.717, 1.165) is 5.56 Å². The summed E-state index contributed by atoms with van der Waals surface area (Å²) in [6, 6.07) is 12.7. The number of nitrogens with zero attached hydrogens (tertiary/aromatic N) is 1. The van der Waals surface area contributed by atoms with Crippen LogP contribution in [0, 0.1) is 5.82 Å². The van der Waals surface area contributed by atoms with Gasteiger partial charge < -0.3 is 15.0 Å². The molecule has 0 heterocycles. The minimum absolute atomic E-state index is 0.107. The van der Waals surface area contributed by atoms with Crippen LogP contribution in [0.5, 0.6) is 5.75 Å². The smallest absolute Gasteiger partial charge is 0.251 e. The van der Waals surface area contributed by atoms with Gasteiger partial charge in [-0.2, -0.15) is 0 Å². The lowest BCUT2D eigenvalue weighted by Crippen LogP contribution is -2.37. The zero-order valence-electron chi connectivity index (χ0n) is 14.3. The maximum absolute atomic E-state index is 12.9. The molecule has 2 amide bonds. The highest BCUT2D eigenvalue weighted by Gasteiger charge is 2.12. The first-order chi connectivity index (χ1) is 12.0. The molecule has 0 unspecified atom stereocenters. The molecule has 2 rings (SSSR count). The average Bonchev–Trinajstić information content (AvgIpc) is 2.62. The molecule has 0 bridgehead atoms. The molecule has 0 aliphatic carbocycles. The van der Waals surface area contributed by atoms with Gasteiger partial charge in [0.15, 0.2) is 0 Å². The predicted octanol–water partition coefficient (Wildman–Crippen LogP) is 2.61. The second-order valence-electron chi connectivity index (χ2n) is 5.52. The van der Waals surface area contributed by atoms with E-state index >= 15 is 0 Å². The van der Waals surface area contributed by atoms with Crippen molar-refractivity contribution in [2.24, 2.45) is 0 Å². The minimum atomic E-state index is -0.327. The molecule has 25 heavy (non-hydrogen) atoms. The largest absolute Gasteiger partial charge is 0.494 e. The molecule has 0 aliphatic heterocycles. The van der Waals surface area contributed by atoms with Gasteiger partial charge >= 0.3 is 0 Å². The van der Waals surface area contributed by atoms with E-state index in [1.165, 1.54) is 17.0 Å². The van der Waals surface area contributed by atoms with E-state index in [9.17, 15) is 14.0 Å². The third kappa shape index (κ3) is 5.60. The van der Waals surface area contributed by atoms with Crippen LogP contribution in [0.2, 0.25) is 0 Å². The Morgan fingerprint density at radius 1 is 1.08 bits per heavy atom. The van der Waals surface area contributed by atoms with E-state index < -0.39 is 0 Å². The SMILES string of the molecule is CCOc1ccc(C(=O)NCC(=O)N(C)Cc2ccc(F)cc2)cc1. The Labute approximate surface area is 146 Å². The molecule has 0 aliphatic rings. The molecule has 0 spiro atoms. The molecular weight excluding hydrogens is 323 g/mol. The van der Waals surface area contributed by atoms with Crippen molar-refractivity contribution in [2.75, 3.05) is 20.2 Å². The summed E-state index contributed by atoms with van der Waals surface area (Å²) >= 11 is 0. The number of likely N-dealkylation sites (N-methyl/N-ethyl adjacent to an activating group) is 1. The van der Waals surface area contributed by atoms with Gasteiger partial charge in [0, 0.05) is 19.2 Å². The van der Waals surface area contributed by atoms with E-state index in [1.807, 2.05) is 6.92 Å². The molecule has 0 radical (unpaired) electrons. The summed E-state index contributed by atoms with van der Waals surface area (Å²) in [5.41, 5.74) is 1.27. The number of ether oxygens (including phenoxy) is 1. The van der Waals surface area contributed by atoms with Crippen LogP contribution in [0.1, 0.15) is 22.8 Å². The normalized spacial score (nSPS) is 10.2. The highest BCUT2D eigenvalue weighted by molar-refractivity contribution is 5.96. The average molecular weight is 344 g/mol. The van der Waals surface area contributed by atoms with Crippen molar-refractivity contribution in [1.82, 2.24) is 10.2 Å². The second kappa shape index (κ2) is 8.82. The fourth-order valence-electron chi connectivity index (χ4n) is 2.21. The van der Waals surface area contributed by atoms with Crippen LogP contribution in [0.25, 0.3) is 0 Å². The summed E-state index contributed by atoms with van der Waals surface area (Å²) in [6.45, 7) is 2.68. The summed E-state index contributed by atoms with van der Waals surface area (Å²) in [4.78, 5) is 25.7. The number of benzene rings is 2. The Balaban J connectivity index is 1.83. The van der Waals surface area contributed by atoms with Crippen LogP contribution in [0.3, 0.4) is 0 Å². The quantitative estimate of drug-likeness (QED) is 0.840. The van der Waals surface area contributed by atoms with Crippen LogP contribution >= 0.6 is 0 Å². The van der Waals surface area contributed by atoms with Crippen molar-refractivity contribution in [2.45, 2.75) is 13.5 Å². The Hall–Kier alpha value is -2.89. The molecule has 0 atom stereocenters. The third-order valence-electron chi connectivity index (χ3n) is 3.59. The first kappa shape index (κ1) is 18.4. The van der Waals surface area contributed by atoms with Gasteiger partial charge in [-0.15, -0.1) is 0 Å². The van der Waals surface area contributed by atoms with E-state index in [1.54, 1.807) is 43.4 Å². The Kier molecular flexibility index (Phi) is 6.51. The van der Waals surface area contributed by atoms with Gasteiger partial charge in [0.05, 0.1) is 13.2 Å². The molecule has 0 saturated heterocycles. The number of rotatable bonds is 7. The van der Waals surface area contributed by atoms with E-state index in [-0.39, 0.29) is 24.2 Å². The van der Waals surface area contributed by atoms with E-state index in [0.29, 0.717) is 24.5 Å². The van der Waals surface area contributed by atoms with Crippen LogP contribution in [-0.4, -0.2) is 36.9 Å². The summed E-state index contributed by atoms with van der Waals surface area (Å²) < 4.78 is 18.2. The molecule has 2 aromatic rings. The summed E-state index contributed by atoms with van der Waals surface area (Å²) in [5, 5.41) is 2.60. The second-order valence-corrected chi connectivity index (χ2v) is 5.52. The van der Waals surface area contributed by atoms with Gasteiger partial charge in [0.2, 0.25) is 5.91 Å². The van der Waals surface area contributed by atoms with E-state index in [4.69, 9.17) is 4.74 Å². The molecule has 2 aromatic carbocycles. The number of halogens is 1. The summed E-state index contributed by atoms with van der Waals surface area (Å²) in [7, 11) is 1.63. The monoisotopic (exact) mass is 344 g/mol. The molecule has 132 valence electrons. The van der Waals surface area contributed by atoms with Crippen LogP contribution in [0.15, 0.2) is 48.5 Å². The molecule has 0 fully saturated rings. The number of hydrogen-bond donors (Lipinski definition) is 1. The predicted molar refractivity (Wildman–Crippen MR) is 92.8 cm³/mol. The molecule has 0 saturated carbocycles. The number of amides is 2. The topological polar surface area (TPSA) is 58.6 Å². The van der Waals surface area contributed by atoms with Crippen molar-refractivity contribution in [3.05, 3.63) is 65.5 Å². The van der Waals surface area contributed by atoms with Crippen molar-refractivity contribution in [1.29, 1.82) is 0 Å². The minimum Gasteiger partial charge on any atom is -0.494 e. The maximum Gasteiger partial charge on any atom is 0.251 e. The highest BCUT2D eigenvalue weighted by Crippen LogP contribution is 2.12. The van der Waals surface area contributed by atoms with Crippen LogP contribution in [0.4, 0.5) is 4.39 Å². The zero-order chi connectivity index (χ0) is 18.2. The lowest BCUT2D eigenvalue weighted by Gasteiger charge is -2.17. The Bertz CT molecular complexity index is 714. The van der Waals surface area contributed by atoms with Crippen molar-refractivity contribution in [3.8, 4) is 5.75 Å². The fraction of sp³-hybridized carbons (Fsp3) is 0.263.